The number of thiocarbonyl (C=S) groups is 1. The fraction of sp³-hybridized carbons (Fsp3) is 0.0556. The first-order valence-corrected chi connectivity index (χ1v) is 9.11. The Labute approximate surface area is 163 Å². The quantitative estimate of drug-likeness (QED) is 0.427. The number of carbonyl (C=O) groups excluding carboxylic acids is 2. The van der Waals surface area contributed by atoms with Crippen LogP contribution in [0.25, 0.3) is 6.08 Å². The van der Waals surface area contributed by atoms with E-state index in [0.717, 1.165) is 22.2 Å². The van der Waals surface area contributed by atoms with Crippen molar-refractivity contribution >= 4 is 57.8 Å². The predicted octanol–water partition coefficient (Wildman–Crippen LogP) is 4.11. The average molecular weight is 404 g/mol. The van der Waals surface area contributed by atoms with Gasteiger partial charge in [-0.15, -0.1) is 0 Å². The van der Waals surface area contributed by atoms with E-state index in [2.05, 4.69) is 0 Å². The van der Waals surface area contributed by atoms with Crippen molar-refractivity contribution in [2.45, 2.75) is 0 Å². The fourth-order valence-electron chi connectivity index (χ4n) is 2.52. The van der Waals surface area contributed by atoms with Gasteiger partial charge in [-0.25, -0.2) is 4.90 Å². The first-order valence-electron chi connectivity index (χ1n) is 7.50. The van der Waals surface area contributed by atoms with E-state index < -0.39 is 11.8 Å². The Balaban J connectivity index is 1.60. The van der Waals surface area contributed by atoms with Crippen molar-refractivity contribution in [3.8, 4) is 11.5 Å². The lowest BCUT2D eigenvalue weighted by molar-refractivity contribution is -0.120. The van der Waals surface area contributed by atoms with Crippen molar-refractivity contribution in [3.63, 3.8) is 0 Å². The van der Waals surface area contributed by atoms with E-state index in [1.54, 1.807) is 48.5 Å². The minimum atomic E-state index is -0.474. The van der Waals surface area contributed by atoms with E-state index >= 15 is 0 Å². The van der Waals surface area contributed by atoms with Crippen LogP contribution in [0.3, 0.4) is 0 Å². The molecule has 2 heterocycles. The minimum Gasteiger partial charge on any atom is -0.454 e. The molecule has 0 spiro atoms. The summed E-state index contributed by atoms with van der Waals surface area (Å²) in [7, 11) is 0. The molecule has 2 aromatic rings. The van der Waals surface area contributed by atoms with Crippen molar-refractivity contribution < 1.29 is 19.1 Å². The van der Waals surface area contributed by atoms with Gasteiger partial charge in [-0.1, -0.05) is 41.6 Å². The van der Waals surface area contributed by atoms with Gasteiger partial charge in [0.05, 0.1) is 4.91 Å². The number of hydrogen-bond acceptors (Lipinski definition) is 6. The van der Waals surface area contributed by atoms with E-state index in [0.29, 0.717) is 27.0 Å². The highest BCUT2D eigenvalue weighted by atomic mass is 35.5. The van der Waals surface area contributed by atoms with E-state index in [1.807, 2.05) is 0 Å². The monoisotopic (exact) mass is 403 g/mol. The first kappa shape index (κ1) is 17.1. The van der Waals surface area contributed by atoms with E-state index in [1.165, 1.54) is 0 Å². The van der Waals surface area contributed by atoms with Crippen LogP contribution in [-0.4, -0.2) is 27.8 Å². The number of hydrogen-bond donors (Lipinski definition) is 0. The number of ether oxygens (including phenoxy) is 2. The molecule has 1 saturated heterocycles. The van der Waals surface area contributed by atoms with Gasteiger partial charge in [0.2, 0.25) is 6.79 Å². The molecule has 0 aromatic heterocycles. The Kier molecular flexibility index (Phi) is 4.44. The highest BCUT2D eigenvalue weighted by Crippen LogP contribution is 2.36. The number of thioether (sulfide) groups is 1. The second-order valence-electron chi connectivity index (χ2n) is 5.44. The summed E-state index contributed by atoms with van der Waals surface area (Å²) in [6.07, 6.45) is 1.68. The Hall–Kier alpha value is -2.35. The number of imide groups is 1. The number of amides is 2. The highest BCUT2D eigenvalue weighted by Gasteiger charge is 2.37. The molecule has 2 aromatic carbocycles. The van der Waals surface area contributed by atoms with Crippen LogP contribution in [0.5, 0.6) is 11.5 Å². The minimum absolute atomic E-state index is 0.177. The molecular weight excluding hydrogens is 394 g/mol. The van der Waals surface area contributed by atoms with Crippen LogP contribution in [0.2, 0.25) is 5.02 Å². The number of halogens is 1. The standard InChI is InChI=1S/C18H10ClNO4S2/c19-12-4-2-11(3-5-12)16(21)20-17(22)15(26-18(20)25)8-10-1-6-13-14(7-10)24-9-23-13/h1-8H,9H2. The van der Waals surface area contributed by atoms with Gasteiger partial charge >= 0.3 is 0 Å². The lowest BCUT2D eigenvalue weighted by Gasteiger charge is -2.12. The molecule has 8 heteroatoms. The molecule has 0 aliphatic carbocycles. The largest absolute Gasteiger partial charge is 0.454 e. The summed E-state index contributed by atoms with van der Waals surface area (Å²) in [5, 5.41) is 0.509. The second-order valence-corrected chi connectivity index (χ2v) is 7.55. The maximum Gasteiger partial charge on any atom is 0.273 e. The molecule has 130 valence electrons. The number of rotatable bonds is 2. The zero-order valence-electron chi connectivity index (χ0n) is 13.1. The van der Waals surface area contributed by atoms with Gasteiger partial charge < -0.3 is 9.47 Å². The molecule has 4 rings (SSSR count). The van der Waals surface area contributed by atoms with Crippen LogP contribution < -0.4 is 9.47 Å². The summed E-state index contributed by atoms with van der Waals surface area (Å²) < 4.78 is 10.8. The molecule has 0 bridgehead atoms. The van der Waals surface area contributed by atoms with Gasteiger partial charge in [-0.3, -0.25) is 9.59 Å². The SMILES string of the molecule is O=C1C(=Cc2ccc3c(c2)OCO3)SC(=S)N1C(=O)c1ccc(Cl)cc1. The summed E-state index contributed by atoms with van der Waals surface area (Å²) in [6.45, 7) is 0.177. The maximum atomic E-state index is 12.7. The molecule has 1 fully saturated rings. The molecule has 0 unspecified atom stereocenters. The van der Waals surface area contributed by atoms with Crippen molar-refractivity contribution in [2.75, 3.05) is 6.79 Å². The number of nitrogens with zero attached hydrogens (tertiary/aromatic N) is 1. The average Bonchev–Trinajstić information content (AvgIpc) is 3.19. The zero-order valence-corrected chi connectivity index (χ0v) is 15.5. The summed E-state index contributed by atoms with van der Waals surface area (Å²) in [5.74, 6) is 0.356. The third-order valence-corrected chi connectivity index (χ3v) is 5.34. The van der Waals surface area contributed by atoms with Crippen LogP contribution in [0.15, 0.2) is 47.4 Å². The fourth-order valence-corrected chi connectivity index (χ4v) is 3.90. The van der Waals surface area contributed by atoms with Crippen LogP contribution in [-0.2, 0) is 4.79 Å². The van der Waals surface area contributed by atoms with Gasteiger partial charge in [-0.2, -0.15) is 0 Å². The third kappa shape index (κ3) is 3.09. The summed E-state index contributed by atoms with van der Waals surface area (Å²) in [4.78, 5) is 26.7. The van der Waals surface area contributed by atoms with Crippen molar-refractivity contribution in [2.24, 2.45) is 0 Å². The normalized spacial score (nSPS) is 17.3. The molecule has 26 heavy (non-hydrogen) atoms. The molecule has 2 aliphatic rings. The predicted molar refractivity (Wildman–Crippen MR) is 103 cm³/mol. The zero-order chi connectivity index (χ0) is 18.3. The number of fused-ring (bicyclic) bond motifs is 1. The molecule has 0 N–H and O–H groups in total. The topological polar surface area (TPSA) is 55.8 Å². The van der Waals surface area contributed by atoms with E-state index in [9.17, 15) is 9.59 Å². The lowest BCUT2D eigenvalue weighted by atomic mass is 10.1. The van der Waals surface area contributed by atoms with Crippen LogP contribution in [0.4, 0.5) is 0 Å². The van der Waals surface area contributed by atoms with Crippen LogP contribution >= 0.6 is 35.6 Å². The van der Waals surface area contributed by atoms with Crippen LogP contribution in [0, 0.1) is 0 Å². The van der Waals surface area contributed by atoms with E-state index in [-0.39, 0.29) is 11.1 Å². The first-order chi connectivity index (χ1) is 12.5. The molecule has 0 radical (unpaired) electrons. The van der Waals surface area contributed by atoms with Crippen molar-refractivity contribution in [1.82, 2.24) is 4.90 Å². The van der Waals surface area contributed by atoms with Crippen molar-refractivity contribution in [3.05, 3.63) is 63.5 Å². The Morgan fingerprint density at radius 3 is 2.65 bits per heavy atom. The number of benzene rings is 2. The highest BCUT2D eigenvalue weighted by molar-refractivity contribution is 8.26. The van der Waals surface area contributed by atoms with Gasteiger partial charge in [0.15, 0.2) is 15.8 Å². The Morgan fingerprint density at radius 1 is 1.15 bits per heavy atom. The summed E-state index contributed by atoms with van der Waals surface area (Å²) >= 11 is 12.2. The Bertz CT molecular complexity index is 972. The maximum absolute atomic E-state index is 12.7. The molecule has 2 aliphatic heterocycles. The smallest absolute Gasteiger partial charge is 0.273 e. The van der Waals surface area contributed by atoms with Gasteiger partial charge in [-0.05, 0) is 48.0 Å². The molecule has 0 atom stereocenters. The second kappa shape index (κ2) is 6.75. The molecule has 5 nitrogen and oxygen atoms in total. The third-order valence-electron chi connectivity index (χ3n) is 3.78. The lowest BCUT2D eigenvalue weighted by Crippen LogP contribution is -2.34. The van der Waals surface area contributed by atoms with Gasteiger partial charge in [0.1, 0.15) is 0 Å². The van der Waals surface area contributed by atoms with Gasteiger partial charge in [0, 0.05) is 10.6 Å². The molecule has 2 amide bonds. The van der Waals surface area contributed by atoms with Gasteiger partial charge in [0.25, 0.3) is 11.8 Å². The molecular formula is C18H10ClNO4S2. The van der Waals surface area contributed by atoms with Crippen molar-refractivity contribution in [1.29, 1.82) is 0 Å². The number of carbonyl (C=O) groups is 2. The summed E-state index contributed by atoms with van der Waals surface area (Å²) in [5.41, 5.74) is 1.10. The van der Waals surface area contributed by atoms with E-state index in [4.69, 9.17) is 33.3 Å². The van der Waals surface area contributed by atoms with Crippen LogP contribution in [0.1, 0.15) is 15.9 Å². The Morgan fingerprint density at radius 2 is 1.88 bits per heavy atom. The summed E-state index contributed by atoms with van der Waals surface area (Å²) in [6, 6.07) is 11.7. The molecule has 0 saturated carbocycles.